The smallest absolute Gasteiger partial charge is 0.202 e. The molecule has 0 radical (unpaired) electrons. The zero-order chi connectivity index (χ0) is 9.54. The number of halogens is 1. The molecule has 2 nitrogen and oxygen atoms in total. The second-order valence-corrected chi connectivity index (χ2v) is 3.72. The SMILES string of the molecule is ClC1C=Cc2c(oc3ccccc23)N1. The van der Waals surface area contributed by atoms with Crippen molar-refractivity contribution in [3.05, 3.63) is 35.9 Å². The third-order valence-corrected chi connectivity index (χ3v) is 2.59. The van der Waals surface area contributed by atoms with Gasteiger partial charge in [-0.3, -0.25) is 0 Å². The molecule has 70 valence electrons. The number of para-hydroxylation sites is 1. The van der Waals surface area contributed by atoms with Crippen molar-refractivity contribution in [2.45, 2.75) is 5.50 Å². The van der Waals surface area contributed by atoms with Gasteiger partial charge in [0.1, 0.15) is 11.1 Å². The van der Waals surface area contributed by atoms with Crippen LogP contribution in [0.1, 0.15) is 5.56 Å². The molecule has 0 amide bonds. The van der Waals surface area contributed by atoms with Crippen LogP contribution in [-0.4, -0.2) is 5.50 Å². The van der Waals surface area contributed by atoms with Gasteiger partial charge in [-0.15, -0.1) is 0 Å². The number of hydrogen-bond donors (Lipinski definition) is 1. The maximum Gasteiger partial charge on any atom is 0.202 e. The van der Waals surface area contributed by atoms with Gasteiger partial charge in [0, 0.05) is 10.9 Å². The van der Waals surface area contributed by atoms with Crippen molar-refractivity contribution >= 4 is 34.5 Å². The van der Waals surface area contributed by atoms with Gasteiger partial charge in [0.15, 0.2) is 0 Å². The molecule has 0 bridgehead atoms. The van der Waals surface area contributed by atoms with E-state index in [2.05, 4.69) is 5.32 Å². The van der Waals surface area contributed by atoms with Gasteiger partial charge in [-0.2, -0.15) is 0 Å². The minimum atomic E-state index is -0.178. The third-order valence-electron chi connectivity index (χ3n) is 2.33. The van der Waals surface area contributed by atoms with E-state index in [1.165, 1.54) is 0 Å². The van der Waals surface area contributed by atoms with Crippen LogP contribution in [-0.2, 0) is 0 Å². The van der Waals surface area contributed by atoms with Crippen LogP contribution < -0.4 is 5.32 Å². The molecule has 14 heavy (non-hydrogen) atoms. The number of fused-ring (bicyclic) bond motifs is 3. The average Bonchev–Trinajstić information content (AvgIpc) is 2.54. The highest BCUT2D eigenvalue weighted by Gasteiger charge is 2.16. The fourth-order valence-corrected chi connectivity index (χ4v) is 1.86. The number of nitrogens with one attached hydrogen (secondary N) is 1. The highest BCUT2D eigenvalue weighted by molar-refractivity contribution is 6.23. The summed E-state index contributed by atoms with van der Waals surface area (Å²) in [6.45, 7) is 0. The van der Waals surface area contributed by atoms with Crippen LogP contribution in [0.4, 0.5) is 5.88 Å². The number of anilines is 1. The highest BCUT2D eigenvalue weighted by atomic mass is 35.5. The summed E-state index contributed by atoms with van der Waals surface area (Å²) in [5.41, 5.74) is 1.79. The Balaban J connectivity index is 2.32. The van der Waals surface area contributed by atoms with E-state index in [-0.39, 0.29) is 5.50 Å². The van der Waals surface area contributed by atoms with E-state index in [0.29, 0.717) is 0 Å². The van der Waals surface area contributed by atoms with E-state index >= 15 is 0 Å². The first kappa shape index (κ1) is 7.94. The van der Waals surface area contributed by atoms with E-state index in [4.69, 9.17) is 16.0 Å². The number of benzene rings is 1. The van der Waals surface area contributed by atoms with Crippen LogP contribution in [0.15, 0.2) is 34.8 Å². The number of alkyl halides is 1. The molecule has 2 aromatic rings. The molecule has 3 heteroatoms. The van der Waals surface area contributed by atoms with Crippen molar-refractivity contribution in [1.82, 2.24) is 0 Å². The Morgan fingerprint density at radius 3 is 3.07 bits per heavy atom. The molecule has 1 atom stereocenters. The second-order valence-electron chi connectivity index (χ2n) is 3.25. The van der Waals surface area contributed by atoms with Gasteiger partial charge >= 0.3 is 0 Å². The average molecular weight is 206 g/mol. The van der Waals surface area contributed by atoms with Crippen molar-refractivity contribution in [3.63, 3.8) is 0 Å². The van der Waals surface area contributed by atoms with Crippen molar-refractivity contribution in [1.29, 1.82) is 0 Å². The van der Waals surface area contributed by atoms with Crippen LogP contribution in [0.5, 0.6) is 0 Å². The largest absolute Gasteiger partial charge is 0.440 e. The lowest BCUT2D eigenvalue weighted by atomic mass is 10.1. The lowest BCUT2D eigenvalue weighted by Crippen LogP contribution is -2.11. The molecule has 1 aliphatic rings. The van der Waals surface area contributed by atoms with E-state index in [1.807, 2.05) is 36.4 Å². The molecule has 0 saturated heterocycles. The molecule has 2 heterocycles. The molecule has 0 saturated carbocycles. The molecule has 1 aromatic heterocycles. The molecule has 3 rings (SSSR count). The van der Waals surface area contributed by atoms with Gasteiger partial charge in [-0.25, -0.2) is 0 Å². The van der Waals surface area contributed by atoms with Crippen LogP contribution in [0, 0.1) is 0 Å². The summed E-state index contributed by atoms with van der Waals surface area (Å²) in [5, 5.41) is 4.18. The third kappa shape index (κ3) is 1.04. The summed E-state index contributed by atoms with van der Waals surface area (Å²) in [6.07, 6.45) is 3.90. The Labute approximate surface area is 86.2 Å². The summed E-state index contributed by atoms with van der Waals surface area (Å²) in [6, 6.07) is 7.95. The maximum atomic E-state index is 5.91. The van der Waals surface area contributed by atoms with E-state index in [9.17, 15) is 0 Å². The number of hydrogen-bond acceptors (Lipinski definition) is 2. The van der Waals surface area contributed by atoms with Crippen LogP contribution in [0.25, 0.3) is 17.0 Å². The van der Waals surface area contributed by atoms with Crippen LogP contribution in [0.3, 0.4) is 0 Å². The lowest BCUT2D eigenvalue weighted by Gasteiger charge is -2.11. The van der Waals surface area contributed by atoms with E-state index < -0.39 is 0 Å². The highest BCUT2D eigenvalue weighted by Crippen LogP contribution is 2.34. The first-order valence-electron chi connectivity index (χ1n) is 4.45. The Kier molecular flexibility index (Phi) is 1.58. The number of rotatable bonds is 0. The summed E-state index contributed by atoms with van der Waals surface area (Å²) in [4.78, 5) is 0. The Morgan fingerprint density at radius 1 is 1.29 bits per heavy atom. The minimum absolute atomic E-state index is 0.178. The summed E-state index contributed by atoms with van der Waals surface area (Å²) >= 11 is 5.91. The van der Waals surface area contributed by atoms with Gasteiger partial charge in [-0.05, 0) is 18.2 Å². The van der Waals surface area contributed by atoms with E-state index in [0.717, 1.165) is 22.4 Å². The fourth-order valence-electron chi connectivity index (χ4n) is 1.69. The van der Waals surface area contributed by atoms with Crippen molar-refractivity contribution in [2.75, 3.05) is 5.32 Å². The quantitative estimate of drug-likeness (QED) is 0.527. The Hall–Kier alpha value is -1.41. The Morgan fingerprint density at radius 2 is 2.14 bits per heavy atom. The lowest BCUT2D eigenvalue weighted by molar-refractivity contribution is 0.626. The van der Waals surface area contributed by atoms with Gasteiger partial charge < -0.3 is 9.73 Å². The molecule has 1 aliphatic heterocycles. The molecule has 1 unspecified atom stereocenters. The summed E-state index contributed by atoms with van der Waals surface area (Å²) < 4.78 is 5.61. The van der Waals surface area contributed by atoms with Crippen molar-refractivity contribution < 1.29 is 4.42 Å². The molecule has 1 N–H and O–H groups in total. The van der Waals surface area contributed by atoms with E-state index in [1.54, 1.807) is 0 Å². The first-order chi connectivity index (χ1) is 6.84. The molecule has 0 spiro atoms. The molecule has 0 fully saturated rings. The second kappa shape index (κ2) is 2.79. The van der Waals surface area contributed by atoms with Gasteiger partial charge in [0.05, 0.1) is 0 Å². The molecular weight excluding hydrogens is 198 g/mol. The van der Waals surface area contributed by atoms with Gasteiger partial charge in [0.25, 0.3) is 0 Å². The zero-order valence-electron chi connectivity index (χ0n) is 7.33. The summed E-state index contributed by atoms with van der Waals surface area (Å²) in [5.74, 6) is 0.758. The van der Waals surface area contributed by atoms with Crippen LogP contribution >= 0.6 is 11.6 Å². The van der Waals surface area contributed by atoms with Gasteiger partial charge in [-0.1, -0.05) is 29.8 Å². The predicted molar refractivity (Wildman–Crippen MR) is 58.5 cm³/mol. The zero-order valence-corrected chi connectivity index (χ0v) is 8.08. The topological polar surface area (TPSA) is 25.2 Å². The standard InChI is InChI=1S/C11H8ClNO/c12-10-6-5-8-7-3-1-2-4-9(7)14-11(8)13-10/h1-6,10,13H. The van der Waals surface area contributed by atoms with Crippen molar-refractivity contribution in [2.24, 2.45) is 0 Å². The Bertz CT molecular complexity index is 515. The molecule has 0 aliphatic carbocycles. The number of furan rings is 1. The molecular formula is C11H8ClNO. The summed E-state index contributed by atoms with van der Waals surface area (Å²) in [7, 11) is 0. The normalized spacial score (nSPS) is 19.4. The first-order valence-corrected chi connectivity index (χ1v) is 4.88. The minimum Gasteiger partial charge on any atom is -0.440 e. The van der Waals surface area contributed by atoms with Crippen LogP contribution in [0.2, 0.25) is 0 Å². The predicted octanol–water partition coefficient (Wildman–Crippen LogP) is 3.44. The van der Waals surface area contributed by atoms with Gasteiger partial charge in [0.2, 0.25) is 5.88 Å². The fraction of sp³-hybridized carbons (Fsp3) is 0.0909. The maximum absolute atomic E-state index is 5.91. The molecule has 1 aromatic carbocycles. The van der Waals surface area contributed by atoms with Crippen molar-refractivity contribution in [3.8, 4) is 0 Å². The monoisotopic (exact) mass is 205 g/mol.